The van der Waals surface area contributed by atoms with Gasteiger partial charge in [-0.3, -0.25) is 9.52 Å². The van der Waals surface area contributed by atoms with E-state index in [1.807, 2.05) is 0 Å². The molecule has 1 aliphatic heterocycles. The molecular weight excluding hydrogens is 452 g/mol. The third-order valence-corrected chi connectivity index (χ3v) is 8.49. The van der Waals surface area contributed by atoms with E-state index in [1.165, 1.54) is 37.7 Å². The summed E-state index contributed by atoms with van der Waals surface area (Å²) < 4.78 is 45.0. The van der Waals surface area contributed by atoms with Crippen molar-refractivity contribution in [3.8, 4) is 11.5 Å². The molecule has 1 saturated heterocycles. The molecule has 0 unspecified atom stereocenters. The van der Waals surface area contributed by atoms with Gasteiger partial charge in [-0.05, 0) is 56.2 Å². The Labute approximate surface area is 192 Å². The van der Waals surface area contributed by atoms with E-state index in [9.17, 15) is 13.2 Å². The first-order chi connectivity index (χ1) is 15.4. The summed E-state index contributed by atoms with van der Waals surface area (Å²) in [5.74, 6) is 0.493. The molecule has 0 spiro atoms. The number of sulfonamides is 1. The molecular formula is C22H28N2O6S2. The standard InChI is InChI=1S/C22H28N2O6S2/c1-28-17-10-9-15(12-18(17)29-2)32(26,27)24-22-20(16-7-3-4-8-19(16)31-22)21(25)23-13-14-6-5-11-30-14/h9-10,12,14,24H,3-8,11,13H2,1-2H3,(H,23,25)/t14-/m1/s1. The number of hydrogen-bond donors (Lipinski definition) is 2. The third kappa shape index (κ3) is 4.72. The number of ether oxygens (including phenoxy) is 3. The molecule has 0 bridgehead atoms. The largest absolute Gasteiger partial charge is 0.493 e. The minimum atomic E-state index is -3.94. The Bertz CT molecular complexity index is 1090. The Morgan fingerprint density at radius 2 is 1.94 bits per heavy atom. The fourth-order valence-electron chi connectivity index (χ4n) is 4.14. The average Bonchev–Trinajstić information content (AvgIpc) is 3.44. The van der Waals surface area contributed by atoms with Gasteiger partial charge in [0.25, 0.3) is 15.9 Å². The first-order valence-electron chi connectivity index (χ1n) is 10.7. The second kappa shape index (κ2) is 9.68. The van der Waals surface area contributed by atoms with Crippen LogP contribution in [0.25, 0.3) is 0 Å². The number of carbonyl (C=O) groups is 1. The normalized spacial score (nSPS) is 18.1. The number of hydrogen-bond acceptors (Lipinski definition) is 7. The molecule has 0 radical (unpaired) electrons. The van der Waals surface area contributed by atoms with E-state index in [4.69, 9.17) is 14.2 Å². The maximum absolute atomic E-state index is 13.2. The van der Waals surface area contributed by atoms with Crippen LogP contribution in [0, 0.1) is 0 Å². The topological polar surface area (TPSA) is 103 Å². The van der Waals surface area contributed by atoms with E-state index in [0.29, 0.717) is 35.2 Å². The minimum Gasteiger partial charge on any atom is -0.493 e. The van der Waals surface area contributed by atoms with Crippen LogP contribution in [0.15, 0.2) is 23.1 Å². The summed E-state index contributed by atoms with van der Waals surface area (Å²) in [5.41, 5.74) is 1.39. The summed E-state index contributed by atoms with van der Waals surface area (Å²) in [5, 5.41) is 3.31. The van der Waals surface area contributed by atoms with Crippen LogP contribution in [0.2, 0.25) is 0 Å². The van der Waals surface area contributed by atoms with E-state index in [1.54, 1.807) is 6.07 Å². The zero-order valence-corrected chi connectivity index (χ0v) is 19.9. The van der Waals surface area contributed by atoms with E-state index in [0.717, 1.165) is 49.0 Å². The van der Waals surface area contributed by atoms with E-state index >= 15 is 0 Å². The molecule has 32 heavy (non-hydrogen) atoms. The van der Waals surface area contributed by atoms with Crippen molar-refractivity contribution in [3.63, 3.8) is 0 Å². The van der Waals surface area contributed by atoms with Crippen molar-refractivity contribution >= 4 is 32.3 Å². The van der Waals surface area contributed by atoms with Crippen LogP contribution >= 0.6 is 11.3 Å². The Morgan fingerprint density at radius 3 is 2.66 bits per heavy atom. The van der Waals surface area contributed by atoms with Crippen molar-refractivity contribution in [2.75, 3.05) is 32.1 Å². The molecule has 1 amide bonds. The van der Waals surface area contributed by atoms with Crippen LogP contribution < -0.4 is 19.5 Å². The highest BCUT2D eigenvalue weighted by atomic mass is 32.2. The van der Waals surface area contributed by atoms with Gasteiger partial charge in [-0.2, -0.15) is 0 Å². The van der Waals surface area contributed by atoms with Crippen LogP contribution in [-0.4, -0.2) is 47.8 Å². The molecule has 2 heterocycles. The Balaban J connectivity index is 1.62. The van der Waals surface area contributed by atoms with Crippen molar-refractivity contribution in [2.45, 2.75) is 49.5 Å². The maximum Gasteiger partial charge on any atom is 0.262 e. The predicted molar refractivity (Wildman–Crippen MR) is 123 cm³/mol. The SMILES string of the molecule is COc1ccc(S(=O)(=O)Nc2sc3c(c2C(=O)NC[C@H]2CCCO2)CCCC3)cc1OC. The van der Waals surface area contributed by atoms with Crippen LogP contribution in [0.4, 0.5) is 5.00 Å². The van der Waals surface area contributed by atoms with Crippen molar-refractivity contribution in [3.05, 3.63) is 34.2 Å². The summed E-state index contributed by atoms with van der Waals surface area (Å²) in [6, 6.07) is 4.41. The molecule has 1 fully saturated rings. The smallest absolute Gasteiger partial charge is 0.262 e. The number of benzene rings is 1. The number of fused-ring (bicyclic) bond motifs is 1. The Kier molecular flexibility index (Phi) is 6.92. The zero-order valence-electron chi connectivity index (χ0n) is 18.2. The maximum atomic E-state index is 13.2. The summed E-state index contributed by atoms with van der Waals surface area (Å²) in [6.45, 7) is 1.14. The molecule has 1 aromatic carbocycles. The Hall–Kier alpha value is -2.30. The van der Waals surface area contributed by atoms with E-state index < -0.39 is 10.0 Å². The molecule has 1 atom stereocenters. The van der Waals surface area contributed by atoms with Gasteiger partial charge in [0, 0.05) is 24.1 Å². The molecule has 1 aliphatic carbocycles. The minimum absolute atomic E-state index is 0.0142. The van der Waals surface area contributed by atoms with Gasteiger partial charge in [0.2, 0.25) is 0 Å². The van der Waals surface area contributed by atoms with Crippen LogP contribution in [0.5, 0.6) is 11.5 Å². The molecule has 1 aromatic heterocycles. The van der Waals surface area contributed by atoms with E-state index in [-0.39, 0.29) is 16.9 Å². The molecule has 8 nitrogen and oxygen atoms in total. The zero-order chi connectivity index (χ0) is 22.7. The lowest BCUT2D eigenvalue weighted by Crippen LogP contribution is -2.32. The van der Waals surface area contributed by atoms with Crippen LogP contribution in [-0.2, 0) is 27.6 Å². The van der Waals surface area contributed by atoms with E-state index in [2.05, 4.69) is 10.0 Å². The number of methoxy groups -OCH3 is 2. The lowest BCUT2D eigenvalue weighted by molar-refractivity contribution is 0.0858. The number of aryl methyl sites for hydroxylation is 1. The number of anilines is 1. The van der Waals surface area contributed by atoms with Gasteiger partial charge < -0.3 is 19.5 Å². The monoisotopic (exact) mass is 480 g/mol. The highest BCUT2D eigenvalue weighted by Crippen LogP contribution is 2.39. The van der Waals surface area contributed by atoms with Gasteiger partial charge in [-0.1, -0.05) is 0 Å². The molecule has 10 heteroatoms. The lowest BCUT2D eigenvalue weighted by atomic mass is 9.95. The highest BCUT2D eigenvalue weighted by molar-refractivity contribution is 7.93. The van der Waals surface area contributed by atoms with Crippen molar-refractivity contribution < 1.29 is 27.4 Å². The third-order valence-electron chi connectivity index (χ3n) is 5.81. The molecule has 2 aliphatic rings. The summed E-state index contributed by atoms with van der Waals surface area (Å²) >= 11 is 1.35. The molecule has 2 N–H and O–H groups in total. The molecule has 174 valence electrons. The first kappa shape index (κ1) is 22.9. The van der Waals surface area contributed by atoms with Crippen molar-refractivity contribution in [2.24, 2.45) is 0 Å². The van der Waals surface area contributed by atoms with Crippen LogP contribution in [0.1, 0.15) is 46.5 Å². The second-order valence-corrected chi connectivity index (χ2v) is 10.7. The summed E-state index contributed by atoms with van der Waals surface area (Å²) in [6.07, 6.45) is 5.56. The average molecular weight is 481 g/mol. The van der Waals surface area contributed by atoms with Gasteiger partial charge in [-0.15, -0.1) is 11.3 Å². The van der Waals surface area contributed by atoms with Crippen LogP contribution in [0.3, 0.4) is 0 Å². The molecule has 4 rings (SSSR count). The Morgan fingerprint density at radius 1 is 1.16 bits per heavy atom. The first-order valence-corrected chi connectivity index (χ1v) is 13.0. The van der Waals surface area contributed by atoms with Gasteiger partial charge in [0.15, 0.2) is 11.5 Å². The van der Waals surface area contributed by atoms with Gasteiger partial charge >= 0.3 is 0 Å². The molecule has 0 saturated carbocycles. The predicted octanol–water partition coefficient (Wildman–Crippen LogP) is 3.35. The number of thiophene rings is 1. The fourth-order valence-corrected chi connectivity index (χ4v) is 6.75. The van der Waals surface area contributed by atoms with Crippen molar-refractivity contribution in [1.82, 2.24) is 5.32 Å². The van der Waals surface area contributed by atoms with Gasteiger partial charge in [0.05, 0.1) is 30.8 Å². The second-order valence-electron chi connectivity index (χ2n) is 7.88. The fraction of sp³-hybridized carbons (Fsp3) is 0.500. The quantitative estimate of drug-likeness (QED) is 0.601. The van der Waals surface area contributed by atoms with Gasteiger partial charge in [0.1, 0.15) is 5.00 Å². The number of nitrogens with one attached hydrogen (secondary N) is 2. The number of rotatable bonds is 8. The number of amides is 1. The van der Waals surface area contributed by atoms with Gasteiger partial charge in [-0.25, -0.2) is 8.42 Å². The number of carbonyl (C=O) groups excluding carboxylic acids is 1. The highest BCUT2D eigenvalue weighted by Gasteiger charge is 2.29. The van der Waals surface area contributed by atoms with Crippen molar-refractivity contribution in [1.29, 1.82) is 0 Å². The summed E-state index contributed by atoms with van der Waals surface area (Å²) in [7, 11) is -0.999. The lowest BCUT2D eigenvalue weighted by Gasteiger charge is -2.15. The summed E-state index contributed by atoms with van der Waals surface area (Å²) in [4.78, 5) is 14.2. The molecule has 2 aromatic rings.